The van der Waals surface area contributed by atoms with Crippen molar-refractivity contribution >= 4 is 16.6 Å². The average molecular weight is 351 g/mol. The molecule has 0 aliphatic heterocycles. The largest absolute Gasteiger partial charge is 0.400 e. The second-order valence-corrected chi connectivity index (χ2v) is 18.0. The van der Waals surface area contributed by atoms with Gasteiger partial charge in [0.25, 0.3) is 0 Å². The molecule has 3 aliphatic rings. The molecule has 0 aromatic rings. The Kier molecular flexibility index (Phi) is 4.87. The van der Waals surface area contributed by atoms with Gasteiger partial charge in [0.2, 0.25) is 0 Å². The average Bonchev–Trinajstić information content (AvgIpc) is 2.65. The molecule has 4 unspecified atom stereocenters. The maximum absolute atomic E-state index is 9.96. The van der Waals surface area contributed by atoms with Gasteiger partial charge in [-0.15, -0.1) is 0 Å². The molecule has 0 heterocycles. The highest BCUT2D eigenvalue weighted by Crippen LogP contribution is 2.54. The number of nitriles is 2. The third-order valence-electron chi connectivity index (χ3n) is 4.88. The van der Waals surface area contributed by atoms with E-state index in [2.05, 4.69) is 51.4 Å². The van der Waals surface area contributed by atoms with E-state index in [1.165, 1.54) is 0 Å². The van der Waals surface area contributed by atoms with Crippen LogP contribution in [-0.2, 0) is 8.85 Å². The molecular weight excluding hydrogens is 320 g/mol. The molecule has 0 spiro atoms. The van der Waals surface area contributed by atoms with Crippen LogP contribution in [0.4, 0.5) is 0 Å². The van der Waals surface area contributed by atoms with Crippen LogP contribution < -0.4 is 0 Å². The lowest BCUT2D eigenvalue weighted by molar-refractivity contribution is -0.0772. The summed E-state index contributed by atoms with van der Waals surface area (Å²) in [6, 6.07) is 5.06. The van der Waals surface area contributed by atoms with E-state index in [0.717, 1.165) is 19.3 Å². The summed E-state index contributed by atoms with van der Waals surface area (Å²) in [5.74, 6) is 0.211. The first-order chi connectivity index (χ1) is 10.5. The Hall–Kier alpha value is -0.666. The third kappa shape index (κ3) is 3.88. The van der Waals surface area contributed by atoms with Crippen molar-refractivity contribution in [3.8, 4) is 12.1 Å². The van der Waals surface area contributed by atoms with Crippen LogP contribution in [0.15, 0.2) is 0 Å². The summed E-state index contributed by atoms with van der Waals surface area (Å²) in [5.41, 5.74) is -1.43. The van der Waals surface area contributed by atoms with Gasteiger partial charge < -0.3 is 8.85 Å². The Labute approximate surface area is 143 Å². The zero-order chi connectivity index (χ0) is 17.5. The minimum absolute atomic E-state index is 0.106. The summed E-state index contributed by atoms with van der Waals surface area (Å²) in [7, 11) is -3.68. The van der Waals surface area contributed by atoms with E-state index in [-0.39, 0.29) is 11.8 Å². The van der Waals surface area contributed by atoms with Crippen LogP contribution >= 0.6 is 0 Å². The van der Waals surface area contributed by atoms with Gasteiger partial charge in [-0.05, 0) is 65.0 Å². The molecule has 4 atom stereocenters. The Morgan fingerprint density at radius 1 is 0.783 bits per heavy atom. The van der Waals surface area contributed by atoms with Crippen molar-refractivity contribution < 1.29 is 8.85 Å². The third-order valence-corrected chi connectivity index (χ3v) is 6.83. The van der Waals surface area contributed by atoms with Crippen molar-refractivity contribution in [1.29, 1.82) is 10.5 Å². The molecule has 0 radical (unpaired) electrons. The fraction of sp³-hybridized carbons (Fsp3) is 0.882. The Bertz CT molecular complexity index is 493. The Balaban J connectivity index is 2.39. The zero-order valence-electron chi connectivity index (χ0n) is 15.4. The second-order valence-electron chi connectivity index (χ2n) is 9.16. The van der Waals surface area contributed by atoms with Gasteiger partial charge in [-0.3, -0.25) is 0 Å². The van der Waals surface area contributed by atoms with Gasteiger partial charge in [-0.25, -0.2) is 0 Å². The summed E-state index contributed by atoms with van der Waals surface area (Å²) in [4.78, 5) is 0. The zero-order valence-corrected chi connectivity index (χ0v) is 17.4. The molecule has 128 valence electrons. The molecule has 23 heavy (non-hydrogen) atoms. The molecule has 0 aromatic carbocycles. The molecule has 0 saturated heterocycles. The van der Waals surface area contributed by atoms with E-state index >= 15 is 0 Å². The smallest absolute Gasteiger partial charge is 0.185 e. The summed E-state index contributed by atoms with van der Waals surface area (Å²) in [6.07, 6.45) is 4.29. The highest BCUT2D eigenvalue weighted by atomic mass is 28.4. The van der Waals surface area contributed by atoms with E-state index < -0.39 is 27.8 Å². The first-order valence-corrected chi connectivity index (χ1v) is 15.5. The van der Waals surface area contributed by atoms with E-state index in [9.17, 15) is 10.5 Å². The SMILES string of the molecule is C[Si](C)(C)OC1(C#N)CC2CCCC1CC2(C#N)O[Si](C)(C)C. The summed E-state index contributed by atoms with van der Waals surface area (Å²) >= 11 is 0. The number of nitrogens with zero attached hydrogens (tertiary/aromatic N) is 2. The van der Waals surface area contributed by atoms with Crippen molar-refractivity contribution in [3.63, 3.8) is 0 Å². The van der Waals surface area contributed by atoms with Gasteiger partial charge in [-0.1, -0.05) is 6.42 Å². The van der Waals surface area contributed by atoms with Crippen molar-refractivity contribution in [2.24, 2.45) is 11.8 Å². The lowest BCUT2D eigenvalue weighted by Crippen LogP contribution is -2.59. The van der Waals surface area contributed by atoms with Crippen LogP contribution in [0.5, 0.6) is 0 Å². The van der Waals surface area contributed by atoms with Crippen molar-refractivity contribution in [1.82, 2.24) is 0 Å². The van der Waals surface area contributed by atoms with Gasteiger partial charge in [0.15, 0.2) is 16.6 Å². The standard InChI is InChI=1S/C17H30N2O2Si2/c1-22(2,3)20-16(12-18)10-15-9-7-8-14(16)11-17(15,13-19)21-23(4,5)6/h14-15H,7-11H2,1-6H3. The molecule has 3 aliphatic carbocycles. The Morgan fingerprint density at radius 2 is 1.13 bits per heavy atom. The minimum Gasteiger partial charge on any atom is -0.400 e. The topological polar surface area (TPSA) is 66.0 Å². The maximum Gasteiger partial charge on any atom is 0.185 e. The van der Waals surface area contributed by atoms with Crippen LogP contribution in [0.3, 0.4) is 0 Å². The molecule has 6 heteroatoms. The molecule has 3 rings (SSSR count). The molecule has 3 fully saturated rings. The van der Waals surface area contributed by atoms with Crippen molar-refractivity contribution in [2.75, 3.05) is 0 Å². The summed E-state index contributed by atoms with van der Waals surface area (Å²) < 4.78 is 12.8. The normalized spacial score (nSPS) is 37.7. The van der Waals surface area contributed by atoms with Gasteiger partial charge in [0.05, 0.1) is 12.1 Å². The molecule has 0 aromatic heterocycles. The maximum atomic E-state index is 9.96. The van der Waals surface area contributed by atoms with Crippen LogP contribution in [0, 0.1) is 34.5 Å². The second kappa shape index (κ2) is 6.00. The number of rotatable bonds is 4. The van der Waals surface area contributed by atoms with Crippen molar-refractivity contribution in [3.05, 3.63) is 0 Å². The van der Waals surface area contributed by atoms with Crippen LogP contribution in [0.25, 0.3) is 0 Å². The van der Waals surface area contributed by atoms with Crippen molar-refractivity contribution in [2.45, 2.75) is 82.6 Å². The molecule has 0 N–H and O–H groups in total. The van der Waals surface area contributed by atoms with Gasteiger partial charge in [0.1, 0.15) is 11.2 Å². The number of hydrogen-bond donors (Lipinski definition) is 0. The molecule has 4 nitrogen and oxygen atoms in total. The van der Waals surface area contributed by atoms with Gasteiger partial charge in [-0.2, -0.15) is 10.5 Å². The molecule has 3 saturated carbocycles. The van der Waals surface area contributed by atoms with Crippen LogP contribution in [0.2, 0.25) is 39.3 Å². The Morgan fingerprint density at radius 3 is 1.39 bits per heavy atom. The van der Waals surface area contributed by atoms with E-state index in [1.54, 1.807) is 0 Å². The fourth-order valence-electron chi connectivity index (χ4n) is 4.34. The number of hydrogen-bond acceptors (Lipinski definition) is 4. The fourth-order valence-corrected chi connectivity index (χ4v) is 7.12. The highest BCUT2D eigenvalue weighted by Gasteiger charge is 2.59. The van der Waals surface area contributed by atoms with Gasteiger partial charge in [0, 0.05) is 11.8 Å². The number of fused-ring (bicyclic) bond motifs is 4. The molecule has 2 bridgehead atoms. The molecular formula is C17H30N2O2Si2. The van der Waals surface area contributed by atoms with Gasteiger partial charge >= 0.3 is 0 Å². The monoisotopic (exact) mass is 350 g/mol. The quantitative estimate of drug-likeness (QED) is 0.704. The minimum atomic E-state index is -1.84. The van der Waals surface area contributed by atoms with E-state index in [4.69, 9.17) is 8.85 Å². The predicted octanol–water partition coefficient (Wildman–Crippen LogP) is 4.42. The van der Waals surface area contributed by atoms with Crippen LogP contribution in [-0.4, -0.2) is 27.8 Å². The first-order valence-electron chi connectivity index (χ1n) is 8.68. The van der Waals surface area contributed by atoms with E-state index in [0.29, 0.717) is 12.8 Å². The predicted molar refractivity (Wildman–Crippen MR) is 95.6 cm³/mol. The summed E-state index contributed by atoms with van der Waals surface area (Å²) in [6.45, 7) is 12.8. The van der Waals surface area contributed by atoms with Crippen LogP contribution in [0.1, 0.15) is 32.1 Å². The highest BCUT2D eigenvalue weighted by molar-refractivity contribution is 6.70. The summed E-state index contributed by atoms with van der Waals surface area (Å²) in [5, 5.41) is 19.9. The first kappa shape index (κ1) is 18.7. The lowest BCUT2D eigenvalue weighted by Gasteiger charge is -2.51. The molecule has 0 amide bonds. The van der Waals surface area contributed by atoms with E-state index in [1.807, 2.05) is 0 Å². The lowest BCUT2D eigenvalue weighted by atomic mass is 9.65.